The minimum absolute atomic E-state index is 0.381. The highest BCUT2D eigenvalue weighted by Crippen LogP contribution is 2.13. The zero-order valence-corrected chi connectivity index (χ0v) is 10.8. The van der Waals surface area contributed by atoms with Crippen molar-refractivity contribution >= 4 is 23.9 Å². The summed E-state index contributed by atoms with van der Waals surface area (Å²) in [5, 5.41) is 9.63. The average Bonchev–Trinajstić information content (AvgIpc) is 2.82. The van der Waals surface area contributed by atoms with Gasteiger partial charge in [0, 0.05) is 5.56 Å². The molecule has 0 bridgehead atoms. The van der Waals surface area contributed by atoms with Crippen molar-refractivity contribution in [2.45, 2.75) is 6.92 Å². The Bertz CT molecular complexity index is 616. The molecule has 94 valence electrons. The molecule has 0 amide bonds. The standard InChI is InChI=1S/C11H13N5OS/c1-7(8-4-3-5-9(6-8)17-2)13-14-10-12-11(18)16-15-10/h3-6H,1-2H3,(H3,12,14,15,16,18)/b13-7-. The van der Waals surface area contributed by atoms with Gasteiger partial charge in [-0.3, -0.25) is 10.2 Å². The fraction of sp³-hybridized carbons (Fsp3) is 0.182. The van der Waals surface area contributed by atoms with Gasteiger partial charge in [-0.2, -0.15) is 10.1 Å². The number of hydrazone groups is 1. The molecule has 0 aliphatic rings. The maximum absolute atomic E-state index is 5.16. The molecular formula is C11H13N5OS. The van der Waals surface area contributed by atoms with Crippen molar-refractivity contribution in [2.24, 2.45) is 5.10 Å². The monoisotopic (exact) mass is 263 g/mol. The summed E-state index contributed by atoms with van der Waals surface area (Å²) in [5.74, 6) is 1.27. The van der Waals surface area contributed by atoms with E-state index in [0.717, 1.165) is 17.0 Å². The van der Waals surface area contributed by atoms with Crippen LogP contribution in [0.3, 0.4) is 0 Å². The van der Waals surface area contributed by atoms with Crippen LogP contribution in [-0.2, 0) is 0 Å². The largest absolute Gasteiger partial charge is 0.497 e. The van der Waals surface area contributed by atoms with E-state index in [1.54, 1.807) is 7.11 Å². The highest BCUT2D eigenvalue weighted by Gasteiger charge is 2.00. The number of nitrogens with zero attached hydrogens (tertiary/aromatic N) is 2. The maximum atomic E-state index is 5.16. The smallest absolute Gasteiger partial charge is 0.238 e. The van der Waals surface area contributed by atoms with Crippen molar-refractivity contribution in [2.75, 3.05) is 12.5 Å². The summed E-state index contributed by atoms with van der Waals surface area (Å²) in [6.07, 6.45) is 0. The van der Waals surface area contributed by atoms with Gasteiger partial charge in [0.15, 0.2) is 0 Å². The van der Waals surface area contributed by atoms with Gasteiger partial charge in [0.25, 0.3) is 0 Å². The molecule has 0 aliphatic carbocycles. The maximum Gasteiger partial charge on any atom is 0.238 e. The van der Waals surface area contributed by atoms with E-state index >= 15 is 0 Å². The Kier molecular flexibility index (Phi) is 3.73. The Balaban J connectivity index is 2.14. The molecule has 0 fully saturated rings. The Morgan fingerprint density at radius 1 is 1.44 bits per heavy atom. The van der Waals surface area contributed by atoms with Crippen molar-refractivity contribution < 1.29 is 4.74 Å². The number of ether oxygens (including phenoxy) is 1. The van der Waals surface area contributed by atoms with Crippen molar-refractivity contribution in [3.05, 3.63) is 34.6 Å². The van der Waals surface area contributed by atoms with E-state index in [1.807, 2.05) is 31.2 Å². The number of methoxy groups -OCH3 is 1. The van der Waals surface area contributed by atoms with Crippen molar-refractivity contribution in [3.63, 3.8) is 0 Å². The molecular weight excluding hydrogens is 250 g/mol. The molecule has 1 aromatic heterocycles. The zero-order chi connectivity index (χ0) is 13.0. The second-order valence-electron chi connectivity index (χ2n) is 3.56. The number of aromatic amines is 2. The van der Waals surface area contributed by atoms with Gasteiger partial charge in [-0.15, -0.1) is 0 Å². The lowest BCUT2D eigenvalue weighted by atomic mass is 10.1. The van der Waals surface area contributed by atoms with Crippen LogP contribution < -0.4 is 10.2 Å². The highest BCUT2D eigenvalue weighted by molar-refractivity contribution is 7.71. The average molecular weight is 263 g/mol. The van der Waals surface area contributed by atoms with Gasteiger partial charge in [0.2, 0.25) is 10.7 Å². The van der Waals surface area contributed by atoms with Crippen molar-refractivity contribution in [1.82, 2.24) is 15.2 Å². The predicted octanol–water partition coefficient (Wildman–Crippen LogP) is 2.31. The second kappa shape index (κ2) is 5.46. The first kappa shape index (κ1) is 12.3. The third kappa shape index (κ3) is 2.95. The third-order valence-electron chi connectivity index (χ3n) is 2.32. The molecule has 1 aromatic carbocycles. The van der Waals surface area contributed by atoms with Gasteiger partial charge in [-0.05, 0) is 31.3 Å². The molecule has 7 heteroatoms. The van der Waals surface area contributed by atoms with E-state index in [4.69, 9.17) is 17.0 Å². The Hall–Kier alpha value is -2.15. The highest BCUT2D eigenvalue weighted by atomic mass is 32.1. The van der Waals surface area contributed by atoms with Crippen LogP contribution in [0.15, 0.2) is 29.4 Å². The molecule has 3 N–H and O–H groups in total. The molecule has 0 spiro atoms. The topological polar surface area (TPSA) is 78.1 Å². The lowest BCUT2D eigenvalue weighted by molar-refractivity contribution is 0.414. The minimum atomic E-state index is 0.381. The third-order valence-corrected chi connectivity index (χ3v) is 2.51. The summed E-state index contributed by atoms with van der Waals surface area (Å²) in [6.45, 7) is 1.89. The van der Waals surface area contributed by atoms with Crippen LogP contribution >= 0.6 is 12.2 Å². The number of hydrogen-bond acceptors (Lipinski definition) is 5. The van der Waals surface area contributed by atoms with Gasteiger partial charge in [-0.25, -0.2) is 5.43 Å². The molecule has 0 saturated heterocycles. The summed E-state index contributed by atoms with van der Waals surface area (Å²) >= 11 is 4.84. The summed E-state index contributed by atoms with van der Waals surface area (Å²) in [4.78, 5) is 3.97. The van der Waals surface area contributed by atoms with Crippen LogP contribution in [0, 0.1) is 4.77 Å². The van der Waals surface area contributed by atoms with Crippen LogP contribution in [0.2, 0.25) is 0 Å². The van der Waals surface area contributed by atoms with Gasteiger partial charge >= 0.3 is 0 Å². The summed E-state index contributed by atoms with van der Waals surface area (Å²) < 4.78 is 5.54. The Labute approximate surface area is 109 Å². The Morgan fingerprint density at radius 3 is 2.94 bits per heavy atom. The molecule has 6 nitrogen and oxygen atoms in total. The van der Waals surface area contributed by atoms with E-state index < -0.39 is 0 Å². The molecule has 0 radical (unpaired) electrons. The summed E-state index contributed by atoms with van der Waals surface area (Å²) in [6, 6.07) is 7.66. The van der Waals surface area contributed by atoms with Crippen molar-refractivity contribution in [3.8, 4) is 5.75 Å². The molecule has 2 rings (SSSR count). The Morgan fingerprint density at radius 2 is 2.28 bits per heavy atom. The van der Waals surface area contributed by atoms with Crippen LogP contribution in [0.5, 0.6) is 5.75 Å². The van der Waals surface area contributed by atoms with E-state index in [0.29, 0.717) is 10.7 Å². The second-order valence-corrected chi connectivity index (χ2v) is 3.94. The number of aromatic nitrogens is 3. The van der Waals surface area contributed by atoms with Crippen LogP contribution in [0.25, 0.3) is 0 Å². The number of nitrogens with one attached hydrogen (secondary N) is 3. The fourth-order valence-corrected chi connectivity index (χ4v) is 1.51. The molecule has 0 atom stereocenters. The lowest BCUT2D eigenvalue weighted by Crippen LogP contribution is -2.01. The summed E-state index contributed by atoms with van der Waals surface area (Å²) in [7, 11) is 1.63. The zero-order valence-electron chi connectivity index (χ0n) is 10.0. The first-order valence-electron chi connectivity index (χ1n) is 5.28. The van der Waals surface area contributed by atoms with Crippen LogP contribution in [-0.4, -0.2) is 28.0 Å². The number of anilines is 1. The molecule has 0 unspecified atom stereocenters. The quantitative estimate of drug-likeness (QED) is 0.449. The first-order valence-corrected chi connectivity index (χ1v) is 5.69. The summed E-state index contributed by atoms with van der Waals surface area (Å²) in [5.41, 5.74) is 4.57. The minimum Gasteiger partial charge on any atom is -0.497 e. The van der Waals surface area contributed by atoms with Gasteiger partial charge in [0.05, 0.1) is 12.8 Å². The van der Waals surface area contributed by atoms with Crippen molar-refractivity contribution in [1.29, 1.82) is 0 Å². The molecule has 2 aromatic rings. The normalized spacial score (nSPS) is 11.3. The fourth-order valence-electron chi connectivity index (χ4n) is 1.37. The SMILES string of the molecule is COc1cccc(/C(C)=N\Nc2nc(=S)[nH][nH]2)c1. The van der Waals surface area contributed by atoms with Gasteiger partial charge in [-0.1, -0.05) is 12.1 Å². The lowest BCUT2D eigenvalue weighted by Gasteiger charge is -2.04. The number of H-pyrrole nitrogens is 2. The number of benzene rings is 1. The van der Waals surface area contributed by atoms with E-state index in [9.17, 15) is 0 Å². The van der Waals surface area contributed by atoms with Crippen LogP contribution in [0.4, 0.5) is 5.95 Å². The van der Waals surface area contributed by atoms with E-state index in [2.05, 4.69) is 25.7 Å². The number of hydrogen-bond donors (Lipinski definition) is 3. The molecule has 0 saturated carbocycles. The van der Waals surface area contributed by atoms with E-state index in [-0.39, 0.29) is 0 Å². The van der Waals surface area contributed by atoms with Gasteiger partial charge in [0.1, 0.15) is 5.75 Å². The number of rotatable bonds is 4. The van der Waals surface area contributed by atoms with Crippen LogP contribution in [0.1, 0.15) is 12.5 Å². The van der Waals surface area contributed by atoms with Gasteiger partial charge < -0.3 is 4.74 Å². The van der Waals surface area contributed by atoms with E-state index in [1.165, 1.54) is 0 Å². The predicted molar refractivity (Wildman–Crippen MR) is 72.6 cm³/mol. The molecule has 1 heterocycles. The molecule has 0 aliphatic heterocycles. The first-order chi connectivity index (χ1) is 8.69. The molecule has 18 heavy (non-hydrogen) atoms.